The predicted octanol–water partition coefficient (Wildman–Crippen LogP) is 5.48. The third-order valence-corrected chi connectivity index (χ3v) is 6.30. The average molecular weight is 420 g/mol. The fourth-order valence-corrected chi connectivity index (χ4v) is 4.44. The van der Waals surface area contributed by atoms with Gasteiger partial charge in [-0.1, -0.05) is 18.2 Å². The first-order valence-electron chi connectivity index (χ1n) is 9.26. The van der Waals surface area contributed by atoms with E-state index in [4.69, 9.17) is 4.74 Å². The van der Waals surface area contributed by atoms with Crippen LogP contribution in [0.25, 0.3) is 10.9 Å². The molecule has 7 heteroatoms. The van der Waals surface area contributed by atoms with Crippen molar-refractivity contribution >= 4 is 37.7 Å². The van der Waals surface area contributed by atoms with Gasteiger partial charge in [-0.05, 0) is 36.4 Å². The van der Waals surface area contributed by atoms with Crippen molar-refractivity contribution < 1.29 is 14.1 Å². The van der Waals surface area contributed by atoms with Crippen molar-refractivity contribution in [2.75, 3.05) is 18.7 Å². The number of ether oxygens (including phenoxy) is 1. The monoisotopic (exact) mass is 419 g/mol. The first-order chi connectivity index (χ1) is 14.4. The molecule has 1 aromatic heterocycles. The number of nitrogens with zero attached hydrogens (tertiary/aromatic N) is 2. The molecule has 0 aliphatic heterocycles. The van der Waals surface area contributed by atoms with Gasteiger partial charge in [0.25, 0.3) is 0 Å². The third kappa shape index (κ3) is 4.21. The molecule has 0 spiro atoms. The van der Waals surface area contributed by atoms with E-state index in [2.05, 4.69) is 14.7 Å². The molecule has 0 fully saturated rings. The van der Waals surface area contributed by atoms with Gasteiger partial charge in [-0.3, -0.25) is 4.98 Å². The predicted molar refractivity (Wildman–Crippen MR) is 121 cm³/mol. The lowest BCUT2D eigenvalue weighted by atomic mass is 10.1. The molecule has 0 saturated heterocycles. The third-order valence-electron chi connectivity index (χ3n) is 4.59. The first kappa shape index (κ1) is 19.7. The fraction of sp³-hybridized carbons (Fsp3) is 0.0870. The van der Waals surface area contributed by atoms with Crippen molar-refractivity contribution in [2.45, 2.75) is 4.90 Å². The molecule has 1 heterocycles. The van der Waals surface area contributed by atoms with Crippen LogP contribution < -0.4 is 10.1 Å². The smallest absolute Gasteiger partial charge is 0.124 e. The van der Waals surface area contributed by atoms with Gasteiger partial charge in [0.2, 0.25) is 0 Å². The van der Waals surface area contributed by atoms with Gasteiger partial charge in [0, 0.05) is 52.3 Å². The van der Waals surface area contributed by atoms with Gasteiger partial charge in [-0.15, -0.1) is 0 Å². The van der Waals surface area contributed by atoms with E-state index in [1.54, 1.807) is 31.7 Å². The van der Waals surface area contributed by atoms with Crippen LogP contribution in [0.4, 0.5) is 17.1 Å². The first-order valence-corrected chi connectivity index (χ1v) is 11.2. The molecular weight excluding hydrogens is 398 g/mol. The molecule has 152 valence electrons. The van der Waals surface area contributed by atoms with E-state index in [1.165, 1.54) is 6.07 Å². The summed E-state index contributed by atoms with van der Waals surface area (Å²) in [6, 6.07) is 21.5. The Hall–Kier alpha value is -3.58. The number of fused-ring (bicyclic) bond motifs is 1. The number of nitrogens with one attached hydrogen (secondary N) is 1. The number of aromatic nitrogens is 1. The topological polar surface area (TPSA) is 83.8 Å². The number of anilines is 2. The molecule has 4 aromatic rings. The van der Waals surface area contributed by atoms with Crippen LogP contribution in [-0.2, 0) is 9.73 Å². The molecule has 4 rings (SSSR count). The molecule has 1 atom stereocenters. The van der Waals surface area contributed by atoms with Crippen LogP contribution in [0.1, 0.15) is 0 Å². The Morgan fingerprint density at radius 3 is 2.60 bits per heavy atom. The zero-order chi connectivity index (χ0) is 21.1. The van der Waals surface area contributed by atoms with Crippen LogP contribution >= 0.6 is 0 Å². The quantitative estimate of drug-likeness (QED) is 0.447. The zero-order valence-corrected chi connectivity index (χ0v) is 17.4. The Balaban J connectivity index is 1.77. The summed E-state index contributed by atoms with van der Waals surface area (Å²) >= 11 is 0. The van der Waals surface area contributed by atoms with Crippen molar-refractivity contribution in [3.8, 4) is 11.5 Å². The fourth-order valence-electron chi connectivity index (χ4n) is 3.16. The van der Waals surface area contributed by atoms with Crippen LogP contribution in [0.15, 0.2) is 88.3 Å². The molecule has 0 aliphatic rings. The summed E-state index contributed by atoms with van der Waals surface area (Å²) in [4.78, 5) is 5.09. The van der Waals surface area contributed by atoms with Crippen LogP contribution in [-0.4, -0.2) is 27.7 Å². The van der Waals surface area contributed by atoms with Crippen LogP contribution in [0.3, 0.4) is 0 Å². The highest BCUT2D eigenvalue weighted by Gasteiger charge is 2.09. The van der Waals surface area contributed by atoms with Gasteiger partial charge in [0.05, 0.1) is 28.0 Å². The lowest BCUT2D eigenvalue weighted by Crippen LogP contribution is -1.96. The molecule has 30 heavy (non-hydrogen) atoms. The maximum atomic E-state index is 13.1. The number of aromatic hydroxyl groups is 1. The van der Waals surface area contributed by atoms with Gasteiger partial charge in [0.15, 0.2) is 0 Å². The molecule has 0 amide bonds. The van der Waals surface area contributed by atoms with Gasteiger partial charge in [0.1, 0.15) is 11.5 Å². The van der Waals surface area contributed by atoms with Gasteiger partial charge in [-0.25, -0.2) is 4.21 Å². The molecule has 0 radical (unpaired) electrons. The number of hydrogen-bond donors (Lipinski definition) is 2. The maximum absolute atomic E-state index is 13.1. The maximum Gasteiger partial charge on any atom is 0.124 e. The normalized spacial score (nSPS) is 12.9. The van der Waals surface area contributed by atoms with Crippen molar-refractivity contribution in [1.29, 1.82) is 0 Å². The number of rotatable bonds is 5. The zero-order valence-electron chi connectivity index (χ0n) is 16.6. The van der Waals surface area contributed by atoms with Crippen LogP contribution in [0, 0.1) is 0 Å². The standard InChI is InChI=1S/C23H21N3O3S/c1-29-19-13-17(12-18(27)15-19)25-23-10-11-24-22-9-8-16(14-21(22)23)26-30(2,28)20-6-4-3-5-7-20/h3-15,27H,1-2H3,(H,24,25). The van der Waals surface area contributed by atoms with Crippen molar-refractivity contribution in [2.24, 2.45) is 4.36 Å². The van der Waals surface area contributed by atoms with Crippen molar-refractivity contribution in [3.63, 3.8) is 0 Å². The van der Waals surface area contributed by atoms with E-state index < -0.39 is 9.73 Å². The summed E-state index contributed by atoms with van der Waals surface area (Å²) in [5.74, 6) is 0.639. The molecule has 0 saturated carbocycles. The van der Waals surface area contributed by atoms with Crippen molar-refractivity contribution in [3.05, 3.63) is 79.0 Å². The van der Waals surface area contributed by atoms with Gasteiger partial charge in [-0.2, -0.15) is 4.36 Å². The number of phenolic OH excluding ortho intramolecular Hbond substituents is 1. The van der Waals surface area contributed by atoms with E-state index in [0.29, 0.717) is 22.0 Å². The summed E-state index contributed by atoms with van der Waals surface area (Å²) in [5.41, 5.74) is 2.83. The van der Waals surface area contributed by atoms with Gasteiger partial charge < -0.3 is 15.2 Å². The summed E-state index contributed by atoms with van der Waals surface area (Å²) in [6.45, 7) is 0. The van der Waals surface area contributed by atoms with E-state index >= 15 is 0 Å². The highest BCUT2D eigenvalue weighted by Crippen LogP contribution is 2.32. The number of methoxy groups -OCH3 is 1. The molecule has 0 aliphatic carbocycles. The molecule has 2 N–H and O–H groups in total. The van der Waals surface area contributed by atoms with Crippen molar-refractivity contribution in [1.82, 2.24) is 4.98 Å². The molecule has 6 nitrogen and oxygen atoms in total. The Kier molecular flexibility index (Phi) is 5.29. The molecule has 3 aromatic carbocycles. The van der Waals surface area contributed by atoms with Crippen LogP contribution in [0.2, 0.25) is 0 Å². The Bertz CT molecular complexity index is 1330. The Morgan fingerprint density at radius 1 is 1.03 bits per heavy atom. The van der Waals surface area contributed by atoms with E-state index in [0.717, 1.165) is 16.6 Å². The number of phenols is 1. The highest BCUT2D eigenvalue weighted by molar-refractivity contribution is 7.93. The molecular formula is C23H21N3O3S. The minimum atomic E-state index is -2.58. The van der Waals surface area contributed by atoms with E-state index in [-0.39, 0.29) is 5.75 Å². The second kappa shape index (κ2) is 8.04. The summed E-state index contributed by atoms with van der Waals surface area (Å²) in [7, 11) is -1.04. The summed E-state index contributed by atoms with van der Waals surface area (Å²) in [6.07, 6.45) is 3.34. The Morgan fingerprint density at radius 2 is 1.83 bits per heavy atom. The lowest BCUT2D eigenvalue weighted by Gasteiger charge is -2.12. The molecule has 1 unspecified atom stereocenters. The summed E-state index contributed by atoms with van der Waals surface area (Å²) < 4.78 is 22.9. The minimum Gasteiger partial charge on any atom is -0.508 e. The van der Waals surface area contributed by atoms with E-state index in [9.17, 15) is 9.32 Å². The highest BCUT2D eigenvalue weighted by atomic mass is 32.2. The average Bonchev–Trinajstić information content (AvgIpc) is 2.74. The number of pyridine rings is 1. The number of hydrogen-bond acceptors (Lipinski definition) is 6. The molecule has 0 bridgehead atoms. The minimum absolute atomic E-state index is 0.0967. The largest absolute Gasteiger partial charge is 0.508 e. The second-order valence-electron chi connectivity index (χ2n) is 6.81. The summed E-state index contributed by atoms with van der Waals surface area (Å²) in [5, 5.41) is 14.0. The van der Waals surface area contributed by atoms with E-state index in [1.807, 2.05) is 54.6 Å². The van der Waals surface area contributed by atoms with Gasteiger partial charge >= 0.3 is 0 Å². The Labute approximate surface area is 175 Å². The lowest BCUT2D eigenvalue weighted by molar-refractivity contribution is 0.408. The SMILES string of the molecule is COc1cc(O)cc(Nc2ccnc3ccc(N=S(C)(=O)c4ccccc4)cc23)c1. The number of benzene rings is 3. The van der Waals surface area contributed by atoms with Crippen LogP contribution in [0.5, 0.6) is 11.5 Å². The second-order valence-corrected chi connectivity index (χ2v) is 9.07.